The van der Waals surface area contributed by atoms with Crippen molar-refractivity contribution in [2.45, 2.75) is 0 Å². The minimum Gasteiger partial charge on any atom is -0.309 e. The number of rotatable bonds is 4. The molecule has 53 heavy (non-hydrogen) atoms. The van der Waals surface area contributed by atoms with Gasteiger partial charge in [0.05, 0.1) is 50.5 Å². The Balaban J connectivity index is 1.26. The molecule has 3 heterocycles. The van der Waals surface area contributed by atoms with Crippen molar-refractivity contribution >= 4 is 83.7 Å². The van der Waals surface area contributed by atoms with Gasteiger partial charge in [0.2, 0.25) is 0 Å². The first kappa shape index (κ1) is 30.1. The summed E-state index contributed by atoms with van der Waals surface area (Å²) in [5.74, 6) is 0. The Labute approximate surface area is 306 Å². The summed E-state index contributed by atoms with van der Waals surface area (Å²) in [7, 11) is -3.21. The maximum absolute atomic E-state index is 15.7. The van der Waals surface area contributed by atoms with E-state index in [1.165, 1.54) is 21.5 Å². The van der Waals surface area contributed by atoms with Crippen LogP contribution in [0.4, 0.5) is 17.1 Å². The minimum absolute atomic E-state index is 0.838. The van der Waals surface area contributed by atoms with Crippen LogP contribution in [0, 0.1) is 0 Å². The van der Waals surface area contributed by atoms with Crippen molar-refractivity contribution in [1.29, 1.82) is 0 Å². The second-order valence-electron chi connectivity index (χ2n) is 13.7. The summed E-state index contributed by atoms with van der Waals surface area (Å²) in [5.41, 5.74) is 9.50. The average Bonchev–Trinajstić information content (AvgIpc) is 3.74. The standard InChI is InChI=1S/C48H32N3OP/c52-53(36-16-2-1-3-17-36)47-28-14-12-26-45(47)51(46-27-13-15-29-48(46)53)35-31-33(49-41-22-8-4-18-37(41)38-19-5-9-23-42(38)49)30-34(32-35)50-43-24-10-6-20-39(43)40-21-7-11-25-44(40)50/h1-32H. The van der Waals surface area contributed by atoms with Crippen molar-refractivity contribution in [1.82, 2.24) is 9.13 Å². The zero-order valence-corrected chi connectivity index (χ0v) is 29.6. The number of nitrogens with zero attached hydrogens (tertiary/aromatic N) is 3. The van der Waals surface area contributed by atoms with Gasteiger partial charge in [-0.15, -0.1) is 0 Å². The van der Waals surface area contributed by atoms with E-state index in [0.29, 0.717) is 0 Å². The first-order valence-corrected chi connectivity index (χ1v) is 19.7. The Bertz CT molecular complexity index is 2830. The molecule has 0 radical (unpaired) electrons. The highest BCUT2D eigenvalue weighted by atomic mass is 31.2. The molecule has 8 aromatic carbocycles. The quantitative estimate of drug-likeness (QED) is 0.171. The third-order valence-electron chi connectivity index (χ3n) is 10.9. The first-order valence-electron chi connectivity index (χ1n) is 18.0. The van der Waals surface area contributed by atoms with Crippen molar-refractivity contribution in [2.24, 2.45) is 0 Å². The molecule has 250 valence electrons. The smallest absolute Gasteiger partial charge is 0.175 e. The maximum atomic E-state index is 15.7. The zero-order chi connectivity index (χ0) is 35.1. The molecule has 1 aliphatic heterocycles. The molecule has 11 rings (SSSR count). The second-order valence-corrected chi connectivity index (χ2v) is 16.4. The van der Waals surface area contributed by atoms with Crippen LogP contribution in [-0.2, 0) is 4.57 Å². The lowest BCUT2D eigenvalue weighted by molar-refractivity contribution is 0.592. The SMILES string of the molecule is O=P1(c2ccccc2)c2ccccc2N(c2cc(-n3c4ccccc4c4ccccc43)cc(-n3c4ccccc4c4ccccc43)c2)c2ccccc21. The molecule has 2 aromatic heterocycles. The average molecular weight is 698 g/mol. The normalized spacial score (nSPS) is 13.5. The predicted octanol–water partition coefficient (Wildman–Crippen LogP) is 11.3. The summed E-state index contributed by atoms with van der Waals surface area (Å²) >= 11 is 0. The van der Waals surface area contributed by atoms with Crippen molar-refractivity contribution < 1.29 is 4.57 Å². The van der Waals surface area contributed by atoms with Gasteiger partial charge in [0, 0.05) is 37.5 Å². The Morgan fingerprint density at radius 3 is 1.11 bits per heavy atom. The van der Waals surface area contributed by atoms with Crippen molar-refractivity contribution in [3.05, 3.63) is 194 Å². The molecule has 10 aromatic rings. The second kappa shape index (κ2) is 11.4. The molecule has 0 spiro atoms. The Hall–Kier alpha value is -6.61. The summed E-state index contributed by atoms with van der Waals surface area (Å²) < 4.78 is 20.5. The number of hydrogen-bond donors (Lipinski definition) is 0. The van der Waals surface area contributed by atoms with E-state index in [1.54, 1.807) is 0 Å². The molecule has 0 saturated heterocycles. The highest BCUT2D eigenvalue weighted by Gasteiger charge is 2.41. The summed E-state index contributed by atoms with van der Waals surface area (Å²) in [6, 6.07) is 68.0. The third-order valence-corrected chi connectivity index (χ3v) is 14.0. The number of anilines is 3. The van der Waals surface area contributed by atoms with Gasteiger partial charge in [-0.2, -0.15) is 0 Å². The van der Waals surface area contributed by atoms with Crippen LogP contribution in [0.3, 0.4) is 0 Å². The predicted molar refractivity (Wildman–Crippen MR) is 223 cm³/mol. The molecule has 0 saturated carbocycles. The van der Waals surface area contributed by atoms with Gasteiger partial charge in [-0.25, -0.2) is 0 Å². The molecule has 1 aliphatic rings. The van der Waals surface area contributed by atoms with Crippen LogP contribution < -0.4 is 20.8 Å². The van der Waals surface area contributed by atoms with Crippen LogP contribution in [0.1, 0.15) is 0 Å². The molecule has 0 amide bonds. The Kier molecular flexibility index (Phi) is 6.49. The summed E-state index contributed by atoms with van der Waals surface area (Å²) in [6.07, 6.45) is 0. The first-order chi connectivity index (χ1) is 26.2. The van der Waals surface area contributed by atoms with E-state index in [9.17, 15) is 0 Å². The lowest BCUT2D eigenvalue weighted by atomic mass is 10.1. The molecule has 0 fully saturated rings. The highest BCUT2D eigenvalue weighted by molar-refractivity contribution is 7.86. The zero-order valence-electron chi connectivity index (χ0n) is 28.7. The van der Waals surface area contributed by atoms with Crippen LogP contribution in [-0.4, -0.2) is 9.13 Å². The summed E-state index contributed by atoms with van der Waals surface area (Å²) in [4.78, 5) is 2.32. The molecule has 0 unspecified atom stereocenters. The lowest BCUT2D eigenvalue weighted by Gasteiger charge is -2.38. The van der Waals surface area contributed by atoms with Gasteiger partial charge >= 0.3 is 0 Å². The number of para-hydroxylation sites is 6. The summed E-state index contributed by atoms with van der Waals surface area (Å²) in [6.45, 7) is 0. The van der Waals surface area contributed by atoms with Crippen LogP contribution in [0.15, 0.2) is 194 Å². The maximum Gasteiger partial charge on any atom is 0.175 e. The highest BCUT2D eigenvalue weighted by Crippen LogP contribution is 2.54. The summed E-state index contributed by atoms with van der Waals surface area (Å²) in [5, 5.41) is 7.36. The van der Waals surface area contributed by atoms with Gasteiger partial charge in [-0.1, -0.05) is 127 Å². The van der Waals surface area contributed by atoms with Crippen LogP contribution in [0.2, 0.25) is 0 Å². The van der Waals surface area contributed by atoms with Crippen LogP contribution >= 0.6 is 7.14 Å². The van der Waals surface area contributed by atoms with Crippen molar-refractivity contribution in [3.8, 4) is 11.4 Å². The number of aromatic nitrogens is 2. The molecule has 4 nitrogen and oxygen atoms in total. The van der Waals surface area contributed by atoms with Gasteiger partial charge in [0.15, 0.2) is 7.14 Å². The van der Waals surface area contributed by atoms with E-state index >= 15 is 4.57 Å². The van der Waals surface area contributed by atoms with Crippen molar-refractivity contribution in [2.75, 3.05) is 4.90 Å². The number of fused-ring (bicyclic) bond motifs is 8. The molecule has 0 bridgehead atoms. The fourth-order valence-electron chi connectivity index (χ4n) is 8.66. The largest absolute Gasteiger partial charge is 0.309 e. The van der Waals surface area contributed by atoms with E-state index < -0.39 is 7.14 Å². The monoisotopic (exact) mass is 697 g/mol. The topological polar surface area (TPSA) is 30.2 Å². The molecule has 5 heteroatoms. The molecular weight excluding hydrogens is 666 g/mol. The van der Waals surface area contributed by atoms with E-state index in [4.69, 9.17) is 0 Å². The molecular formula is C48H32N3OP. The number of hydrogen-bond acceptors (Lipinski definition) is 2. The van der Waals surface area contributed by atoms with Crippen LogP contribution in [0.25, 0.3) is 55.0 Å². The van der Waals surface area contributed by atoms with E-state index in [0.717, 1.165) is 66.4 Å². The molecule has 0 atom stereocenters. The van der Waals surface area contributed by atoms with Crippen LogP contribution in [0.5, 0.6) is 0 Å². The Morgan fingerprint density at radius 2 is 0.679 bits per heavy atom. The van der Waals surface area contributed by atoms with E-state index in [1.807, 2.05) is 42.5 Å². The van der Waals surface area contributed by atoms with Gasteiger partial charge in [-0.05, 0) is 66.7 Å². The Morgan fingerprint density at radius 1 is 0.340 bits per heavy atom. The van der Waals surface area contributed by atoms with Gasteiger partial charge in [0.1, 0.15) is 0 Å². The van der Waals surface area contributed by atoms with E-state index in [-0.39, 0.29) is 0 Å². The van der Waals surface area contributed by atoms with Crippen molar-refractivity contribution in [3.63, 3.8) is 0 Å². The fraction of sp³-hybridized carbons (Fsp3) is 0. The third kappa shape index (κ3) is 4.27. The lowest BCUT2D eigenvalue weighted by Crippen LogP contribution is -2.36. The van der Waals surface area contributed by atoms with E-state index in [2.05, 4.69) is 166 Å². The molecule has 0 aliphatic carbocycles. The fourth-order valence-corrected chi connectivity index (χ4v) is 11.7. The number of benzene rings is 8. The minimum atomic E-state index is -3.21. The van der Waals surface area contributed by atoms with Gasteiger partial charge < -0.3 is 18.6 Å². The van der Waals surface area contributed by atoms with Gasteiger partial charge in [-0.3, -0.25) is 0 Å². The molecule has 0 N–H and O–H groups in total. The van der Waals surface area contributed by atoms with Gasteiger partial charge in [0.25, 0.3) is 0 Å².